The average molecular weight is 366 g/mol. The lowest BCUT2D eigenvalue weighted by molar-refractivity contribution is 0.0708. The fourth-order valence-electron chi connectivity index (χ4n) is 3.56. The summed E-state index contributed by atoms with van der Waals surface area (Å²) in [6.45, 7) is 4.31. The van der Waals surface area contributed by atoms with Crippen LogP contribution in [0.1, 0.15) is 44.8 Å². The van der Waals surface area contributed by atoms with Crippen molar-refractivity contribution >= 4 is 17.2 Å². The van der Waals surface area contributed by atoms with Crippen molar-refractivity contribution in [2.75, 3.05) is 13.1 Å². The molecular weight excluding hydrogens is 344 g/mol. The number of imidazole rings is 1. The minimum Gasteiger partial charge on any atom is -0.337 e. The molecule has 0 N–H and O–H groups in total. The molecule has 1 unspecified atom stereocenters. The predicted molar refractivity (Wildman–Crippen MR) is 103 cm³/mol. The number of piperidine rings is 1. The van der Waals surface area contributed by atoms with Gasteiger partial charge < -0.3 is 9.47 Å². The quantitative estimate of drug-likeness (QED) is 0.707. The van der Waals surface area contributed by atoms with Gasteiger partial charge >= 0.3 is 0 Å². The van der Waals surface area contributed by atoms with Crippen molar-refractivity contribution in [3.05, 3.63) is 70.2 Å². The molecule has 26 heavy (non-hydrogen) atoms. The molecule has 4 rings (SSSR count). The Labute approximate surface area is 157 Å². The van der Waals surface area contributed by atoms with Gasteiger partial charge in [0.25, 0.3) is 5.91 Å². The lowest BCUT2D eigenvalue weighted by Gasteiger charge is -2.32. The Morgan fingerprint density at radius 2 is 2.15 bits per heavy atom. The number of carbonyl (C=O) groups is 1. The van der Waals surface area contributed by atoms with Gasteiger partial charge in [0.1, 0.15) is 5.82 Å². The topological polar surface area (TPSA) is 51.0 Å². The van der Waals surface area contributed by atoms with Gasteiger partial charge in [0.05, 0.1) is 17.1 Å². The Balaban J connectivity index is 1.50. The zero-order chi connectivity index (χ0) is 17.9. The highest BCUT2D eigenvalue weighted by molar-refractivity contribution is 7.13. The lowest BCUT2D eigenvalue weighted by atomic mass is 9.97. The molecule has 0 spiro atoms. The van der Waals surface area contributed by atoms with E-state index in [2.05, 4.69) is 14.5 Å². The van der Waals surface area contributed by atoms with E-state index in [0.29, 0.717) is 6.54 Å². The molecule has 5 nitrogen and oxygen atoms in total. The Morgan fingerprint density at radius 1 is 1.23 bits per heavy atom. The smallest absolute Gasteiger partial charge is 0.263 e. The van der Waals surface area contributed by atoms with E-state index in [-0.39, 0.29) is 11.8 Å². The summed E-state index contributed by atoms with van der Waals surface area (Å²) in [6.07, 6.45) is 7.74. The van der Waals surface area contributed by atoms with Crippen LogP contribution in [0.15, 0.2) is 48.9 Å². The summed E-state index contributed by atoms with van der Waals surface area (Å²) in [7, 11) is 0. The summed E-state index contributed by atoms with van der Waals surface area (Å²) in [5.74, 6) is 1.47. The van der Waals surface area contributed by atoms with Gasteiger partial charge in [-0.15, -0.1) is 11.3 Å². The molecule has 3 aromatic heterocycles. The van der Waals surface area contributed by atoms with Crippen molar-refractivity contribution in [2.24, 2.45) is 0 Å². The third kappa shape index (κ3) is 3.55. The minimum absolute atomic E-state index is 0.149. The molecule has 3 aromatic rings. The molecule has 1 aliphatic rings. The van der Waals surface area contributed by atoms with E-state index in [1.807, 2.05) is 60.7 Å². The van der Waals surface area contributed by atoms with Gasteiger partial charge in [-0.1, -0.05) is 6.07 Å². The minimum atomic E-state index is 0.149. The van der Waals surface area contributed by atoms with Crippen LogP contribution < -0.4 is 0 Å². The highest BCUT2D eigenvalue weighted by Gasteiger charge is 2.28. The molecule has 0 aromatic carbocycles. The van der Waals surface area contributed by atoms with Gasteiger partial charge in [0, 0.05) is 42.5 Å². The van der Waals surface area contributed by atoms with Crippen LogP contribution >= 0.6 is 11.3 Å². The first-order valence-corrected chi connectivity index (χ1v) is 9.79. The van der Waals surface area contributed by atoms with Crippen LogP contribution in [0.4, 0.5) is 0 Å². The number of carbonyl (C=O) groups excluding carboxylic acids is 1. The van der Waals surface area contributed by atoms with E-state index >= 15 is 0 Å². The van der Waals surface area contributed by atoms with Crippen LogP contribution in [0.5, 0.6) is 0 Å². The number of rotatable bonds is 4. The van der Waals surface area contributed by atoms with Crippen LogP contribution in [0, 0.1) is 6.92 Å². The molecular formula is C20H22N4OS. The highest BCUT2D eigenvalue weighted by Crippen LogP contribution is 2.28. The Hall–Kier alpha value is -2.47. The molecule has 0 radical (unpaired) electrons. The molecule has 1 atom stereocenters. The first-order chi connectivity index (χ1) is 12.7. The van der Waals surface area contributed by atoms with Crippen molar-refractivity contribution in [3.8, 4) is 0 Å². The number of hydrogen-bond donors (Lipinski definition) is 0. The van der Waals surface area contributed by atoms with Gasteiger partial charge in [0.15, 0.2) is 0 Å². The van der Waals surface area contributed by atoms with Crippen LogP contribution in [0.25, 0.3) is 0 Å². The first kappa shape index (κ1) is 17.0. The average Bonchev–Trinajstić information content (AvgIpc) is 3.31. The summed E-state index contributed by atoms with van der Waals surface area (Å²) in [5, 5.41) is 0. The molecule has 0 aliphatic carbocycles. The summed E-state index contributed by atoms with van der Waals surface area (Å²) < 4.78 is 2.16. The Kier molecular flexibility index (Phi) is 4.84. The number of nitrogens with zero attached hydrogens (tertiary/aromatic N) is 4. The number of pyridine rings is 1. The molecule has 1 aliphatic heterocycles. The zero-order valence-electron chi connectivity index (χ0n) is 14.8. The van der Waals surface area contributed by atoms with E-state index in [1.54, 1.807) is 11.3 Å². The van der Waals surface area contributed by atoms with Crippen LogP contribution in [-0.2, 0) is 6.54 Å². The van der Waals surface area contributed by atoms with Gasteiger partial charge in [-0.05, 0) is 44.0 Å². The van der Waals surface area contributed by atoms with Gasteiger partial charge in [-0.3, -0.25) is 9.78 Å². The van der Waals surface area contributed by atoms with Crippen LogP contribution in [-0.4, -0.2) is 38.4 Å². The molecule has 6 heteroatoms. The zero-order valence-corrected chi connectivity index (χ0v) is 15.7. The van der Waals surface area contributed by atoms with E-state index in [0.717, 1.165) is 42.3 Å². The molecule has 1 amide bonds. The molecule has 134 valence electrons. The largest absolute Gasteiger partial charge is 0.337 e. The van der Waals surface area contributed by atoms with Crippen molar-refractivity contribution in [3.63, 3.8) is 0 Å². The standard InChI is InChI=1S/C20H22N4OS/c1-15-7-8-18(26-15)20(25)24-11-4-5-16(13-24)19-22-10-12-23(19)14-17-6-2-3-9-21-17/h2-3,6-10,12,16H,4-5,11,13-14H2,1H3. The third-order valence-corrected chi connectivity index (χ3v) is 5.82. The maximum absolute atomic E-state index is 12.8. The first-order valence-electron chi connectivity index (χ1n) is 8.97. The van der Waals surface area contributed by atoms with Gasteiger partial charge in [-0.25, -0.2) is 4.98 Å². The molecule has 1 saturated heterocycles. The number of likely N-dealkylation sites (tertiary alicyclic amines) is 1. The number of hydrogen-bond acceptors (Lipinski definition) is 4. The summed E-state index contributed by atoms with van der Waals surface area (Å²) in [5.41, 5.74) is 1.02. The maximum Gasteiger partial charge on any atom is 0.263 e. The van der Waals surface area contributed by atoms with Crippen molar-refractivity contribution in [2.45, 2.75) is 32.2 Å². The van der Waals surface area contributed by atoms with Crippen LogP contribution in [0.2, 0.25) is 0 Å². The Bertz CT molecular complexity index is 886. The number of thiophene rings is 1. The van der Waals surface area contributed by atoms with Gasteiger partial charge in [0.2, 0.25) is 0 Å². The predicted octanol–water partition coefficient (Wildman–Crippen LogP) is 3.72. The summed E-state index contributed by atoms with van der Waals surface area (Å²) in [6, 6.07) is 9.91. The SMILES string of the molecule is Cc1ccc(C(=O)N2CCCC(c3nccn3Cc3ccccn3)C2)s1. The monoisotopic (exact) mass is 366 g/mol. The van der Waals surface area contributed by atoms with Crippen molar-refractivity contribution < 1.29 is 4.79 Å². The second-order valence-electron chi connectivity index (χ2n) is 6.74. The second kappa shape index (κ2) is 7.41. The number of aryl methyl sites for hydroxylation is 1. The van der Waals surface area contributed by atoms with Gasteiger partial charge in [-0.2, -0.15) is 0 Å². The fourth-order valence-corrected chi connectivity index (χ4v) is 4.39. The number of aromatic nitrogens is 3. The van der Waals surface area contributed by atoms with Crippen molar-refractivity contribution in [1.29, 1.82) is 0 Å². The number of amides is 1. The Morgan fingerprint density at radius 3 is 2.92 bits per heavy atom. The third-order valence-electron chi connectivity index (χ3n) is 4.83. The fraction of sp³-hybridized carbons (Fsp3) is 0.350. The summed E-state index contributed by atoms with van der Waals surface area (Å²) in [4.78, 5) is 25.8. The van der Waals surface area contributed by atoms with E-state index in [4.69, 9.17) is 0 Å². The van der Waals surface area contributed by atoms with E-state index in [9.17, 15) is 4.79 Å². The highest BCUT2D eigenvalue weighted by atomic mass is 32.1. The molecule has 0 bridgehead atoms. The van der Waals surface area contributed by atoms with E-state index < -0.39 is 0 Å². The molecule has 0 saturated carbocycles. The lowest BCUT2D eigenvalue weighted by Crippen LogP contribution is -2.39. The van der Waals surface area contributed by atoms with Crippen molar-refractivity contribution in [1.82, 2.24) is 19.4 Å². The second-order valence-corrected chi connectivity index (χ2v) is 8.02. The molecule has 1 fully saturated rings. The normalized spacial score (nSPS) is 17.4. The molecule has 4 heterocycles. The van der Waals surface area contributed by atoms with E-state index in [1.165, 1.54) is 4.88 Å². The maximum atomic E-state index is 12.8. The van der Waals surface area contributed by atoms with Crippen LogP contribution in [0.3, 0.4) is 0 Å². The summed E-state index contributed by atoms with van der Waals surface area (Å²) >= 11 is 1.57.